The van der Waals surface area contributed by atoms with E-state index in [1.165, 1.54) is 0 Å². The highest BCUT2D eigenvalue weighted by atomic mass is 16.6. The third-order valence-corrected chi connectivity index (χ3v) is 6.70. The van der Waals surface area contributed by atoms with Gasteiger partial charge in [-0.25, -0.2) is 0 Å². The van der Waals surface area contributed by atoms with Gasteiger partial charge in [0.05, 0.1) is 6.54 Å². The molecule has 186 valence electrons. The van der Waals surface area contributed by atoms with Crippen LogP contribution in [0.1, 0.15) is 94.9 Å². The van der Waals surface area contributed by atoms with Crippen LogP contribution in [-0.4, -0.2) is 70.3 Å². The van der Waals surface area contributed by atoms with Gasteiger partial charge in [0.25, 0.3) is 0 Å². The predicted molar refractivity (Wildman–Crippen MR) is 128 cm³/mol. The topological polar surface area (TPSA) is 79.9 Å². The zero-order valence-corrected chi connectivity index (χ0v) is 22.3. The van der Waals surface area contributed by atoms with Crippen molar-refractivity contribution in [2.24, 2.45) is 0 Å². The third kappa shape index (κ3) is 7.42. The molecule has 2 heterocycles. The van der Waals surface area contributed by atoms with Crippen molar-refractivity contribution in [3.63, 3.8) is 0 Å². The molecule has 0 amide bonds. The lowest BCUT2D eigenvalue weighted by Gasteiger charge is -2.46. The summed E-state index contributed by atoms with van der Waals surface area (Å²) in [5.41, 5.74) is -1.35. The molecule has 0 aliphatic carbocycles. The first-order chi connectivity index (χ1) is 14.2. The normalized spacial score (nSPS) is 25.4. The molecule has 2 fully saturated rings. The maximum atomic E-state index is 13.1. The second kappa shape index (κ2) is 8.88. The Balaban J connectivity index is 1.95. The summed E-state index contributed by atoms with van der Waals surface area (Å²) in [6.07, 6.45) is 2.73. The molecule has 0 atom stereocenters. The molecule has 0 bridgehead atoms. The zero-order chi connectivity index (χ0) is 24.8. The van der Waals surface area contributed by atoms with Crippen LogP contribution in [0, 0.1) is 0 Å². The highest BCUT2D eigenvalue weighted by molar-refractivity contribution is 5.81. The lowest BCUT2D eigenvalue weighted by Crippen LogP contribution is -2.61. The van der Waals surface area contributed by atoms with Crippen molar-refractivity contribution < 1.29 is 19.1 Å². The number of carbonyl (C=O) groups excluding carboxylic acids is 2. The van der Waals surface area contributed by atoms with Crippen LogP contribution in [0.4, 0.5) is 0 Å². The Morgan fingerprint density at radius 1 is 0.781 bits per heavy atom. The number of rotatable bonds is 6. The Kier molecular flexibility index (Phi) is 7.51. The van der Waals surface area contributed by atoms with Gasteiger partial charge in [-0.15, -0.1) is 0 Å². The maximum Gasteiger partial charge on any atom is 0.326 e. The molecule has 0 spiro atoms. The van der Waals surface area contributed by atoms with Gasteiger partial charge in [0.2, 0.25) is 0 Å². The van der Waals surface area contributed by atoms with E-state index < -0.39 is 5.54 Å². The molecule has 2 aliphatic heterocycles. The van der Waals surface area contributed by atoms with Gasteiger partial charge in [-0.3, -0.25) is 14.5 Å². The Bertz CT molecular complexity index is 680. The van der Waals surface area contributed by atoms with Crippen LogP contribution >= 0.6 is 0 Å². The average Bonchev–Trinajstić information content (AvgIpc) is 2.47. The minimum Gasteiger partial charge on any atom is -0.461 e. The summed E-state index contributed by atoms with van der Waals surface area (Å²) in [5.74, 6) is -0.619. The fraction of sp³-hybridized carbons (Fsp3) is 0.920. The van der Waals surface area contributed by atoms with Gasteiger partial charge in [-0.1, -0.05) is 0 Å². The Morgan fingerprint density at radius 2 is 1.12 bits per heavy atom. The summed E-state index contributed by atoms with van der Waals surface area (Å²) < 4.78 is 11.8. The number of nitrogens with zero attached hydrogens (tertiary/aromatic N) is 1. The fourth-order valence-corrected chi connectivity index (χ4v) is 5.69. The van der Waals surface area contributed by atoms with Crippen molar-refractivity contribution in [3.8, 4) is 0 Å². The highest BCUT2D eigenvalue weighted by Crippen LogP contribution is 2.32. The van der Waals surface area contributed by atoms with Gasteiger partial charge in [0.1, 0.15) is 17.7 Å². The van der Waals surface area contributed by atoms with Crippen LogP contribution in [0.5, 0.6) is 0 Å². The van der Waals surface area contributed by atoms with Crippen LogP contribution < -0.4 is 10.6 Å². The summed E-state index contributed by atoms with van der Waals surface area (Å²) in [4.78, 5) is 27.6. The quantitative estimate of drug-likeness (QED) is 0.597. The Morgan fingerprint density at radius 3 is 1.50 bits per heavy atom. The van der Waals surface area contributed by atoms with E-state index in [-0.39, 0.29) is 52.8 Å². The number of likely N-dealkylation sites (N-methyl/N-ethyl adjacent to an activating group) is 1. The van der Waals surface area contributed by atoms with Crippen LogP contribution in [0.25, 0.3) is 0 Å². The van der Waals surface area contributed by atoms with E-state index in [4.69, 9.17) is 9.47 Å². The molecule has 2 rings (SSSR count). The van der Waals surface area contributed by atoms with Crippen molar-refractivity contribution in [2.45, 2.75) is 135 Å². The number of ether oxygens (including phenoxy) is 2. The molecular formula is C25H47N3O4. The Hall–Kier alpha value is -1.18. The van der Waals surface area contributed by atoms with E-state index in [1.54, 1.807) is 25.8 Å². The second-order valence-electron chi connectivity index (χ2n) is 13.2. The van der Waals surface area contributed by atoms with Crippen LogP contribution in [0.3, 0.4) is 0 Å². The highest BCUT2D eigenvalue weighted by Gasteiger charge is 2.43. The maximum absolute atomic E-state index is 13.1. The van der Waals surface area contributed by atoms with E-state index in [0.717, 1.165) is 25.7 Å². The molecule has 0 aromatic heterocycles. The molecule has 2 aliphatic rings. The minimum absolute atomic E-state index is 0.0378. The first-order valence-electron chi connectivity index (χ1n) is 11.9. The van der Waals surface area contributed by atoms with E-state index in [2.05, 4.69) is 66.0 Å². The molecule has 2 saturated heterocycles. The second-order valence-corrected chi connectivity index (χ2v) is 13.2. The fourth-order valence-electron chi connectivity index (χ4n) is 5.69. The predicted octanol–water partition coefficient (Wildman–Crippen LogP) is 3.40. The third-order valence-electron chi connectivity index (χ3n) is 6.70. The van der Waals surface area contributed by atoms with Crippen molar-refractivity contribution in [2.75, 3.05) is 13.6 Å². The zero-order valence-electron chi connectivity index (χ0n) is 22.3. The van der Waals surface area contributed by atoms with Crippen molar-refractivity contribution in [1.29, 1.82) is 0 Å². The van der Waals surface area contributed by atoms with Crippen LogP contribution in [0.2, 0.25) is 0 Å². The SMILES string of the molecule is CN(CC(=O)OC1CC(C)(C)NC(C)(C)C1)C(C)(C)C(=O)OC1CC(C)(C)NC(C)(C)C1. The molecular weight excluding hydrogens is 406 g/mol. The Labute approximate surface area is 195 Å². The largest absolute Gasteiger partial charge is 0.461 e. The van der Waals surface area contributed by atoms with Gasteiger partial charge in [0, 0.05) is 47.8 Å². The number of hydrogen-bond donors (Lipinski definition) is 2. The molecule has 32 heavy (non-hydrogen) atoms. The van der Waals surface area contributed by atoms with Gasteiger partial charge in [-0.2, -0.15) is 0 Å². The smallest absolute Gasteiger partial charge is 0.326 e. The lowest BCUT2D eigenvalue weighted by molar-refractivity contribution is -0.167. The standard InChI is InChI=1S/C25H47N3O4/c1-21(2)12-17(13-22(3,4)26-21)31-19(29)16-28(11)25(9,10)20(30)32-18-14-23(5,6)27-24(7,8)15-18/h17-18,26-27H,12-16H2,1-11H3. The average molecular weight is 454 g/mol. The van der Waals surface area contributed by atoms with Crippen LogP contribution in [-0.2, 0) is 19.1 Å². The number of hydrogen-bond acceptors (Lipinski definition) is 7. The molecule has 0 aromatic carbocycles. The van der Waals surface area contributed by atoms with Crippen LogP contribution in [0.15, 0.2) is 0 Å². The monoisotopic (exact) mass is 453 g/mol. The summed E-state index contributed by atoms with van der Waals surface area (Å²) >= 11 is 0. The van der Waals surface area contributed by atoms with Crippen molar-refractivity contribution in [3.05, 3.63) is 0 Å². The summed E-state index contributed by atoms with van der Waals surface area (Å²) in [7, 11) is 1.77. The number of carbonyl (C=O) groups is 2. The molecule has 7 heteroatoms. The molecule has 0 saturated carbocycles. The van der Waals surface area contributed by atoms with Gasteiger partial charge in [0.15, 0.2) is 0 Å². The number of nitrogens with one attached hydrogen (secondary N) is 2. The number of piperidine rings is 2. The summed E-state index contributed by atoms with van der Waals surface area (Å²) in [6.45, 7) is 20.7. The lowest BCUT2D eigenvalue weighted by atomic mass is 9.81. The van der Waals surface area contributed by atoms with Crippen molar-refractivity contribution in [1.82, 2.24) is 15.5 Å². The summed E-state index contributed by atoms with van der Waals surface area (Å²) in [5, 5.41) is 7.20. The van der Waals surface area contributed by atoms with E-state index in [0.29, 0.717) is 0 Å². The first-order valence-corrected chi connectivity index (χ1v) is 11.9. The summed E-state index contributed by atoms with van der Waals surface area (Å²) in [6, 6.07) is 0. The first kappa shape index (κ1) is 27.1. The minimum atomic E-state index is -0.940. The molecule has 0 unspecified atom stereocenters. The molecule has 2 N–H and O–H groups in total. The van der Waals surface area contributed by atoms with Crippen molar-refractivity contribution >= 4 is 11.9 Å². The van der Waals surface area contributed by atoms with E-state index >= 15 is 0 Å². The number of esters is 2. The van der Waals surface area contributed by atoms with Gasteiger partial charge < -0.3 is 20.1 Å². The molecule has 7 nitrogen and oxygen atoms in total. The molecule has 0 radical (unpaired) electrons. The van der Waals surface area contributed by atoms with Gasteiger partial charge >= 0.3 is 11.9 Å². The van der Waals surface area contributed by atoms with E-state index in [1.807, 2.05) is 0 Å². The van der Waals surface area contributed by atoms with Gasteiger partial charge in [-0.05, 0) is 76.3 Å². The van der Waals surface area contributed by atoms with E-state index in [9.17, 15) is 9.59 Å². The molecule has 0 aromatic rings.